The van der Waals surface area contributed by atoms with Crippen molar-refractivity contribution >= 4 is 29.0 Å². The van der Waals surface area contributed by atoms with Gasteiger partial charge in [0.1, 0.15) is 5.82 Å². The Bertz CT molecular complexity index is 797. The van der Waals surface area contributed by atoms with Gasteiger partial charge in [-0.3, -0.25) is 4.79 Å². The number of benzene rings is 1. The SMILES string of the molecule is Cc1cccc2c1N(C(=O)C1CCN(c3ccc(Cl)cn3)CC1)CCC2. The smallest absolute Gasteiger partial charge is 0.230 e. The number of aryl methyl sites for hydroxylation is 2. The minimum Gasteiger partial charge on any atom is -0.357 e. The van der Waals surface area contributed by atoms with E-state index in [9.17, 15) is 4.79 Å². The number of piperidine rings is 1. The summed E-state index contributed by atoms with van der Waals surface area (Å²) in [4.78, 5) is 21.9. The maximum atomic E-state index is 13.2. The molecule has 26 heavy (non-hydrogen) atoms. The number of carbonyl (C=O) groups is 1. The third-order valence-electron chi connectivity index (χ3n) is 5.57. The molecule has 136 valence electrons. The second kappa shape index (κ2) is 7.28. The molecule has 0 aliphatic carbocycles. The predicted octanol–water partition coefficient (Wildman–Crippen LogP) is 4.24. The first kappa shape index (κ1) is 17.3. The standard InChI is InChI=1S/C21H24ClN3O/c1-15-4-2-5-16-6-3-11-25(20(15)16)21(26)17-9-12-24(13-10-17)19-8-7-18(22)14-23-19/h2,4-5,7-8,14,17H,3,6,9-13H2,1H3. The zero-order valence-electron chi connectivity index (χ0n) is 15.1. The van der Waals surface area contributed by atoms with Crippen LogP contribution in [-0.2, 0) is 11.2 Å². The summed E-state index contributed by atoms with van der Waals surface area (Å²) in [5.74, 6) is 1.34. The van der Waals surface area contributed by atoms with Gasteiger partial charge in [-0.2, -0.15) is 0 Å². The van der Waals surface area contributed by atoms with Crippen molar-refractivity contribution < 1.29 is 4.79 Å². The number of hydrogen-bond acceptors (Lipinski definition) is 3. The molecule has 0 spiro atoms. The second-order valence-corrected chi connectivity index (χ2v) is 7.71. The van der Waals surface area contributed by atoms with Crippen LogP contribution in [0.25, 0.3) is 0 Å². The number of hydrogen-bond donors (Lipinski definition) is 0. The van der Waals surface area contributed by atoms with Crippen LogP contribution in [0.3, 0.4) is 0 Å². The van der Waals surface area contributed by atoms with E-state index in [4.69, 9.17) is 11.6 Å². The van der Waals surface area contributed by atoms with E-state index in [1.165, 1.54) is 11.1 Å². The number of amides is 1. The number of pyridine rings is 1. The Morgan fingerprint density at radius 1 is 1.15 bits per heavy atom. The number of para-hydroxylation sites is 1. The topological polar surface area (TPSA) is 36.4 Å². The maximum absolute atomic E-state index is 13.2. The third-order valence-corrected chi connectivity index (χ3v) is 5.79. The van der Waals surface area contributed by atoms with Crippen LogP contribution in [0.1, 0.15) is 30.4 Å². The van der Waals surface area contributed by atoms with Crippen LogP contribution in [0.5, 0.6) is 0 Å². The highest BCUT2D eigenvalue weighted by molar-refractivity contribution is 6.30. The average Bonchev–Trinajstić information content (AvgIpc) is 2.68. The van der Waals surface area contributed by atoms with Gasteiger partial charge in [0.25, 0.3) is 0 Å². The fourth-order valence-corrected chi connectivity index (χ4v) is 4.31. The minimum atomic E-state index is 0.101. The van der Waals surface area contributed by atoms with E-state index in [0.717, 1.165) is 56.8 Å². The van der Waals surface area contributed by atoms with Crippen LogP contribution in [0, 0.1) is 12.8 Å². The number of nitrogens with zero attached hydrogens (tertiary/aromatic N) is 3. The van der Waals surface area contributed by atoms with E-state index in [1.54, 1.807) is 6.20 Å². The van der Waals surface area contributed by atoms with Gasteiger partial charge < -0.3 is 9.80 Å². The van der Waals surface area contributed by atoms with E-state index in [0.29, 0.717) is 10.9 Å². The van der Waals surface area contributed by atoms with Crippen molar-refractivity contribution in [2.75, 3.05) is 29.4 Å². The first-order valence-electron chi connectivity index (χ1n) is 9.40. The van der Waals surface area contributed by atoms with Crippen LogP contribution in [0.4, 0.5) is 11.5 Å². The van der Waals surface area contributed by atoms with E-state index >= 15 is 0 Å². The Hall–Kier alpha value is -2.07. The summed E-state index contributed by atoms with van der Waals surface area (Å²) >= 11 is 5.92. The predicted molar refractivity (Wildman–Crippen MR) is 106 cm³/mol. The van der Waals surface area contributed by atoms with Crippen molar-refractivity contribution in [1.29, 1.82) is 0 Å². The Kier molecular flexibility index (Phi) is 4.86. The highest BCUT2D eigenvalue weighted by Crippen LogP contribution is 2.33. The van der Waals surface area contributed by atoms with E-state index in [2.05, 4.69) is 39.9 Å². The molecule has 1 aromatic heterocycles. The van der Waals surface area contributed by atoms with Crippen molar-refractivity contribution in [3.8, 4) is 0 Å². The van der Waals surface area contributed by atoms with Gasteiger partial charge in [0.2, 0.25) is 5.91 Å². The number of fused-ring (bicyclic) bond motifs is 1. The highest BCUT2D eigenvalue weighted by atomic mass is 35.5. The molecule has 0 bridgehead atoms. The molecule has 3 heterocycles. The Balaban J connectivity index is 1.46. The maximum Gasteiger partial charge on any atom is 0.230 e. The first-order valence-corrected chi connectivity index (χ1v) is 9.77. The molecule has 5 heteroatoms. The zero-order valence-corrected chi connectivity index (χ0v) is 15.9. The molecule has 1 amide bonds. The molecule has 0 atom stereocenters. The lowest BCUT2D eigenvalue weighted by molar-refractivity contribution is -0.123. The van der Waals surface area contributed by atoms with Gasteiger partial charge in [0.05, 0.1) is 5.02 Å². The van der Waals surface area contributed by atoms with Crippen molar-refractivity contribution in [3.63, 3.8) is 0 Å². The molecule has 0 saturated carbocycles. The van der Waals surface area contributed by atoms with E-state index in [1.807, 2.05) is 12.1 Å². The fourth-order valence-electron chi connectivity index (χ4n) is 4.20. The molecule has 4 rings (SSSR count). The second-order valence-electron chi connectivity index (χ2n) is 7.27. The van der Waals surface area contributed by atoms with Crippen LogP contribution >= 0.6 is 11.6 Å². The molecule has 1 aromatic carbocycles. The molecule has 2 aromatic rings. The summed E-state index contributed by atoms with van der Waals surface area (Å²) in [6, 6.07) is 10.2. The number of halogens is 1. The largest absolute Gasteiger partial charge is 0.357 e. The number of rotatable bonds is 2. The lowest BCUT2D eigenvalue weighted by Gasteiger charge is -2.37. The molecule has 0 unspecified atom stereocenters. The Labute approximate surface area is 159 Å². The van der Waals surface area contributed by atoms with Gasteiger partial charge in [0.15, 0.2) is 0 Å². The van der Waals surface area contributed by atoms with Gasteiger partial charge in [-0.05, 0) is 55.9 Å². The Morgan fingerprint density at radius 2 is 1.96 bits per heavy atom. The van der Waals surface area contributed by atoms with E-state index < -0.39 is 0 Å². The first-order chi connectivity index (χ1) is 12.6. The number of aromatic nitrogens is 1. The zero-order chi connectivity index (χ0) is 18.1. The quantitative estimate of drug-likeness (QED) is 0.794. The molecular formula is C21H24ClN3O. The minimum absolute atomic E-state index is 0.101. The third kappa shape index (κ3) is 3.30. The molecule has 2 aliphatic rings. The molecule has 4 nitrogen and oxygen atoms in total. The van der Waals surface area contributed by atoms with Gasteiger partial charge in [-0.15, -0.1) is 0 Å². The monoisotopic (exact) mass is 369 g/mol. The van der Waals surface area contributed by atoms with Crippen molar-refractivity contribution in [3.05, 3.63) is 52.7 Å². The van der Waals surface area contributed by atoms with Crippen LogP contribution in [0.15, 0.2) is 36.5 Å². The van der Waals surface area contributed by atoms with Gasteiger partial charge in [-0.1, -0.05) is 29.8 Å². The van der Waals surface area contributed by atoms with Gasteiger partial charge in [0, 0.05) is 37.4 Å². The molecule has 1 saturated heterocycles. The molecule has 1 fully saturated rings. The van der Waals surface area contributed by atoms with Crippen LogP contribution in [0.2, 0.25) is 5.02 Å². The molecule has 0 radical (unpaired) electrons. The average molecular weight is 370 g/mol. The number of anilines is 2. The summed E-state index contributed by atoms with van der Waals surface area (Å²) in [6.45, 7) is 4.67. The summed E-state index contributed by atoms with van der Waals surface area (Å²) in [7, 11) is 0. The van der Waals surface area contributed by atoms with Gasteiger partial charge in [-0.25, -0.2) is 4.98 Å². The van der Waals surface area contributed by atoms with E-state index in [-0.39, 0.29) is 5.92 Å². The summed E-state index contributed by atoms with van der Waals surface area (Å²) < 4.78 is 0. The van der Waals surface area contributed by atoms with Crippen LogP contribution < -0.4 is 9.80 Å². The molecule has 0 N–H and O–H groups in total. The summed E-state index contributed by atoms with van der Waals surface area (Å²) in [5.41, 5.74) is 3.68. The van der Waals surface area contributed by atoms with Crippen molar-refractivity contribution in [2.24, 2.45) is 5.92 Å². The Morgan fingerprint density at radius 3 is 2.69 bits per heavy atom. The van der Waals surface area contributed by atoms with Crippen LogP contribution in [-0.4, -0.2) is 30.5 Å². The van der Waals surface area contributed by atoms with Crippen molar-refractivity contribution in [2.45, 2.75) is 32.6 Å². The molecular weight excluding hydrogens is 346 g/mol. The van der Waals surface area contributed by atoms with Crippen molar-refractivity contribution in [1.82, 2.24) is 4.98 Å². The van der Waals surface area contributed by atoms with Gasteiger partial charge >= 0.3 is 0 Å². The lowest BCUT2D eigenvalue weighted by Crippen LogP contribution is -2.44. The number of carbonyl (C=O) groups excluding carboxylic acids is 1. The lowest BCUT2D eigenvalue weighted by atomic mass is 9.92. The highest BCUT2D eigenvalue weighted by Gasteiger charge is 2.32. The summed E-state index contributed by atoms with van der Waals surface area (Å²) in [5, 5.41) is 0.651. The summed E-state index contributed by atoms with van der Waals surface area (Å²) in [6.07, 6.45) is 5.56. The molecule has 2 aliphatic heterocycles. The fraction of sp³-hybridized carbons (Fsp3) is 0.429. The normalized spacial score (nSPS) is 17.9.